The van der Waals surface area contributed by atoms with Crippen molar-refractivity contribution in [2.45, 2.75) is 13.0 Å². The van der Waals surface area contributed by atoms with Crippen LogP contribution >= 0.6 is 11.6 Å². The number of ether oxygens (including phenoxy) is 1. The predicted octanol–water partition coefficient (Wildman–Crippen LogP) is 1.23. The van der Waals surface area contributed by atoms with E-state index in [0.717, 1.165) is 11.3 Å². The summed E-state index contributed by atoms with van der Waals surface area (Å²) in [7, 11) is 1.58. The molecule has 0 saturated heterocycles. The Hall–Kier alpha value is -1.75. The van der Waals surface area contributed by atoms with Crippen molar-refractivity contribution in [1.29, 1.82) is 0 Å². The molecule has 0 aliphatic heterocycles. The second-order valence-corrected chi connectivity index (χ2v) is 4.29. The minimum atomic E-state index is -0.680. The highest BCUT2D eigenvalue weighted by Crippen LogP contribution is 2.16. The highest BCUT2D eigenvalue weighted by atomic mass is 35.5. The first-order valence-electron chi connectivity index (χ1n) is 5.87. The van der Waals surface area contributed by atoms with Gasteiger partial charge < -0.3 is 15.4 Å². The number of carbonyl (C=O) groups excluding carboxylic acids is 2. The van der Waals surface area contributed by atoms with E-state index >= 15 is 0 Å². The molecule has 5 nitrogen and oxygen atoms in total. The van der Waals surface area contributed by atoms with Gasteiger partial charge in [0.1, 0.15) is 5.75 Å². The molecule has 2 N–H and O–H groups in total. The van der Waals surface area contributed by atoms with Crippen LogP contribution in [0.4, 0.5) is 0 Å². The Morgan fingerprint density at radius 1 is 1.26 bits per heavy atom. The van der Waals surface area contributed by atoms with Gasteiger partial charge >= 0.3 is 11.8 Å². The van der Waals surface area contributed by atoms with E-state index < -0.39 is 11.8 Å². The third kappa shape index (κ3) is 4.79. The van der Waals surface area contributed by atoms with E-state index in [1.807, 2.05) is 12.1 Å². The van der Waals surface area contributed by atoms with Crippen LogP contribution in [0.15, 0.2) is 24.3 Å². The quantitative estimate of drug-likeness (QED) is 0.631. The van der Waals surface area contributed by atoms with Crippen molar-refractivity contribution in [1.82, 2.24) is 10.6 Å². The van der Waals surface area contributed by atoms with Gasteiger partial charge in [0, 0.05) is 12.4 Å². The molecule has 0 heterocycles. The number of alkyl halides is 1. The van der Waals surface area contributed by atoms with E-state index in [9.17, 15) is 9.59 Å². The van der Waals surface area contributed by atoms with Gasteiger partial charge in [0.2, 0.25) is 0 Å². The average Bonchev–Trinajstić information content (AvgIpc) is 2.44. The molecule has 0 fully saturated rings. The Balaban J connectivity index is 2.55. The van der Waals surface area contributed by atoms with Crippen molar-refractivity contribution in [3.05, 3.63) is 29.8 Å². The van der Waals surface area contributed by atoms with Crippen molar-refractivity contribution in [3.63, 3.8) is 0 Å². The van der Waals surface area contributed by atoms with E-state index in [4.69, 9.17) is 16.3 Å². The van der Waals surface area contributed by atoms with Gasteiger partial charge in [-0.25, -0.2) is 0 Å². The maximum absolute atomic E-state index is 11.6. The molecule has 2 amide bonds. The summed E-state index contributed by atoms with van der Waals surface area (Å²) < 4.78 is 5.05. The van der Waals surface area contributed by atoms with Gasteiger partial charge in [0.05, 0.1) is 13.2 Å². The molecule has 104 valence electrons. The number of carbonyl (C=O) groups is 2. The van der Waals surface area contributed by atoms with Crippen LogP contribution in [0.2, 0.25) is 0 Å². The van der Waals surface area contributed by atoms with E-state index in [0.29, 0.717) is 0 Å². The Bertz CT molecular complexity index is 434. The second kappa shape index (κ2) is 7.63. The molecular weight excluding hydrogens is 268 g/mol. The van der Waals surface area contributed by atoms with Gasteiger partial charge in [-0.1, -0.05) is 12.1 Å². The number of halogens is 1. The normalized spacial score (nSPS) is 11.5. The van der Waals surface area contributed by atoms with Crippen molar-refractivity contribution in [3.8, 4) is 5.75 Å². The lowest BCUT2D eigenvalue weighted by Gasteiger charge is -2.14. The molecule has 0 aliphatic carbocycles. The average molecular weight is 285 g/mol. The van der Waals surface area contributed by atoms with Crippen LogP contribution < -0.4 is 15.4 Å². The number of rotatable bonds is 5. The minimum Gasteiger partial charge on any atom is -0.497 e. The number of hydrogen-bond donors (Lipinski definition) is 2. The zero-order valence-corrected chi connectivity index (χ0v) is 11.7. The van der Waals surface area contributed by atoms with E-state index in [1.165, 1.54) is 0 Å². The molecule has 6 heteroatoms. The fourth-order valence-corrected chi connectivity index (χ4v) is 1.57. The van der Waals surface area contributed by atoms with Gasteiger partial charge in [-0.2, -0.15) is 0 Å². The summed E-state index contributed by atoms with van der Waals surface area (Å²) in [6.07, 6.45) is 0. The molecular formula is C13H17ClN2O3. The fourth-order valence-electron chi connectivity index (χ4n) is 1.48. The number of methoxy groups -OCH3 is 1. The number of benzene rings is 1. The molecule has 19 heavy (non-hydrogen) atoms. The van der Waals surface area contributed by atoms with Gasteiger partial charge in [0.25, 0.3) is 0 Å². The molecule has 0 aromatic heterocycles. The molecule has 0 saturated carbocycles. The van der Waals surface area contributed by atoms with Crippen LogP contribution in [0.5, 0.6) is 5.75 Å². The Kier molecular flexibility index (Phi) is 6.15. The van der Waals surface area contributed by atoms with Crippen molar-refractivity contribution < 1.29 is 14.3 Å². The summed E-state index contributed by atoms with van der Waals surface area (Å²) in [4.78, 5) is 22.9. The molecule has 1 aromatic rings. The Morgan fingerprint density at radius 2 is 1.89 bits per heavy atom. The molecule has 1 atom stereocenters. The van der Waals surface area contributed by atoms with Crippen molar-refractivity contribution >= 4 is 23.4 Å². The fraction of sp³-hybridized carbons (Fsp3) is 0.385. The summed E-state index contributed by atoms with van der Waals surface area (Å²) >= 11 is 5.42. The van der Waals surface area contributed by atoms with Crippen LogP contribution in [-0.2, 0) is 9.59 Å². The number of nitrogens with one attached hydrogen (secondary N) is 2. The highest BCUT2D eigenvalue weighted by Gasteiger charge is 2.16. The smallest absolute Gasteiger partial charge is 0.309 e. The van der Waals surface area contributed by atoms with Crippen molar-refractivity contribution in [2.24, 2.45) is 0 Å². The minimum absolute atomic E-state index is 0.264. The maximum Gasteiger partial charge on any atom is 0.309 e. The summed E-state index contributed by atoms with van der Waals surface area (Å²) in [6.45, 7) is 2.07. The third-order valence-electron chi connectivity index (χ3n) is 2.55. The lowest BCUT2D eigenvalue weighted by atomic mass is 10.1. The standard InChI is InChI=1S/C13H17ClN2O3/c1-9(10-3-5-11(19-2)6-4-10)16-13(18)12(17)15-8-7-14/h3-6,9H,7-8H2,1-2H3,(H,15,17)(H,16,18). The first-order chi connectivity index (χ1) is 9.08. The monoisotopic (exact) mass is 284 g/mol. The second-order valence-electron chi connectivity index (χ2n) is 3.91. The molecule has 1 unspecified atom stereocenters. The summed E-state index contributed by atoms with van der Waals surface area (Å²) in [5.41, 5.74) is 0.888. The summed E-state index contributed by atoms with van der Waals surface area (Å²) in [6, 6.07) is 7.00. The topological polar surface area (TPSA) is 67.4 Å². The van der Waals surface area contributed by atoms with E-state index in [-0.39, 0.29) is 18.5 Å². The van der Waals surface area contributed by atoms with Gasteiger partial charge in [0.15, 0.2) is 0 Å². The molecule has 1 rings (SSSR count). The van der Waals surface area contributed by atoms with Crippen molar-refractivity contribution in [2.75, 3.05) is 19.5 Å². The molecule has 0 bridgehead atoms. The molecule has 0 radical (unpaired) electrons. The summed E-state index contributed by atoms with van der Waals surface area (Å²) in [5.74, 6) is -0.343. The van der Waals surface area contributed by atoms with Crippen LogP contribution in [0.25, 0.3) is 0 Å². The Morgan fingerprint density at radius 3 is 2.42 bits per heavy atom. The van der Waals surface area contributed by atoms with Crippen LogP contribution in [-0.4, -0.2) is 31.3 Å². The third-order valence-corrected chi connectivity index (χ3v) is 2.74. The lowest BCUT2D eigenvalue weighted by molar-refractivity contribution is -0.139. The zero-order chi connectivity index (χ0) is 14.3. The largest absolute Gasteiger partial charge is 0.497 e. The maximum atomic E-state index is 11.6. The van der Waals surface area contributed by atoms with Gasteiger partial charge in [-0.05, 0) is 24.6 Å². The van der Waals surface area contributed by atoms with E-state index in [2.05, 4.69) is 10.6 Å². The predicted molar refractivity (Wildman–Crippen MR) is 73.3 cm³/mol. The molecule has 0 aliphatic rings. The van der Waals surface area contributed by atoms with Crippen LogP contribution in [0.3, 0.4) is 0 Å². The number of hydrogen-bond acceptors (Lipinski definition) is 3. The van der Waals surface area contributed by atoms with Gasteiger partial charge in [-0.3, -0.25) is 9.59 Å². The first kappa shape index (κ1) is 15.3. The zero-order valence-electron chi connectivity index (χ0n) is 10.9. The SMILES string of the molecule is COc1ccc(C(C)NC(=O)C(=O)NCCCl)cc1. The Labute approximate surface area is 117 Å². The van der Waals surface area contributed by atoms with Crippen LogP contribution in [0, 0.1) is 0 Å². The van der Waals surface area contributed by atoms with Crippen LogP contribution in [0.1, 0.15) is 18.5 Å². The number of amides is 2. The van der Waals surface area contributed by atoms with E-state index in [1.54, 1.807) is 26.2 Å². The highest BCUT2D eigenvalue weighted by molar-refractivity contribution is 6.35. The van der Waals surface area contributed by atoms with Gasteiger partial charge in [-0.15, -0.1) is 11.6 Å². The first-order valence-corrected chi connectivity index (χ1v) is 6.40. The lowest BCUT2D eigenvalue weighted by Crippen LogP contribution is -2.41. The molecule has 0 spiro atoms. The molecule has 1 aromatic carbocycles. The summed E-state index contributed by atoms with van der Waals surface area (Å²) in [5, 5.41) is 5.01.